The van der Waals surface area contributed by atoms with Crippen LogP contribution in [-0.2, 0) is 4.79 Å². The van der Waals surface area contributed by atoms with Crippen LogP contribution in [0, 0.1) is 12.7 Å². The standard InChI is InChI=1S/C12H9FO3/c1-7-9-6-8(13)2-3-11(9)16-10(7)4-5-12(14)15/h2-6H,1H3,(H,14,15)/b5-4+. The van der Waals surface area contributed by atoms with Gasteiger partial charge in [0, 0.05) is 17.0 Å². The van der Waals surface area contributed by atoms with Crippen LogP contribution in [0.1, 0.15) is 11.3 Å². The highest BCUT2D eigenvalue weighted by Gasteiger charge is 2.08. The summed E-state index contributed by atoms with van der Waals surface area (Å²) < 4.78 is 18.4. The minimum absolute atomic E-state index is 0.342. The van der Waals surface area contributed by atoms with Crippen LogP contribution in [0.25, 0.3) is 17.0 Å². The molecule has 0 bridgehead atoms. The second-order valence-electron chi connectivity index (χ2n) is 3.40. The average molecular weight is 220 g/mol. The van der Waals surface area contributed by atoms with E-state index in [-0.39, 0.29) is 5.82 Å². The van der Waals surface area contributed by atoms with Crippen LogP contribution in [0.4, 0.5) is 4.39 Å². The van der Waals surface area contributed by atoms with Crippen molar-refractivity contribution in [2.75, 3.05) is 0 Å². The Morgan fingerprint density at radius 1 is 1.50 bits per heavy atom. The van der Waals surface area contributed by atoms with Crippen LogP contribution in [0.3, 0.4) is 0 Å². The molecule has 0 radical (unpaired) electrons. The van der Waals surface area contributed by atoms with Gasteiger partial charge in [0.25, 0.3) is 0 Å². The van der Waals surface area contributed by atoms with Gasteiger partial charge in [-0.05, 0) is 31.2 Å². The van der Waals surface area contributed by atoms with Crippen LogP contribution >= 0.6 is 0 Å². The molecule has 4 heteroatoms. The van der Waals surface area contributed by atoms with Crippen molar-refractivity contribution in [2.45, 2.75) is 6.92 Å². The highest BCUT2D eigenvalue weighted by molar-refractivity contribution is 5.88. The van der Waals surface area contributed by atoms with Crippen LogP contribution in [0.2, 0.25) is 0 Å². The highest BCUT2D eigenvalue weighted by Crippen LogP contribution is 2.26. The summed E-state index contributed by atoms with van der Waals surface area (Å²) >= 11 is 0. The number of carbonyl (C=O) groups is 1. The monoisotopic (exact) mass is 220 g/mol. The molecule has 0 aliphatic rings. The summed E-state index contributed by atoms with van der Waals surface area (Å²) in [4.78, 5) is 10.4. The molecule has 0 unspecified atom stereocenters. The molecule has 16 heavy (non-hydrogen) atoms. The molecule has 1 aromatic heterocycles. The molecule has 0 atom stereocenters. The van der Waals surface area contributed by atoms with E-state index >= 15 is 0 Å². The Labute approximate surface area is 90.8 Å². The van der Waals surface area contributed by atoms with Gasteiger partial charge in [-0.25, -0.2) is 9.18 Å². The predicted octanol–water partition coefficient (Wildman–Crippen LogP) is 2.98. The van der Waals surface area contributed by atoms with E-state index in [9.17, 15) is 9.18 Å². The lowest BCUT2D eigenvalue weighted by atomic mass is 10.1. The first kappa shape index (κ1) is 10.4. The van der Waals surface area contributed by atoms with Gasteiger partial charge in [0.1, 0.15) is 17.2 Å². The van der Waals surface area contributed by atoms with E-state index < -0.39 is 5.97 Å². The lowest BCUT2D eigenvalue weighted by molar-refractivity contribution is -0.131. The summed E-state index contributed by atoms with van der Waals surface area (Å²) in [5, 5.41) is 9.15. The van der Waals surface area contributed by atoms with Crippen LogP contribution in [-0.4, -0.2) is 11.1 Å². The predicted molar refractivity (Wildman–Crippen MR) is 57.6 cm³/mol. The first-order chi connectivity index (χ1) is 7.58. The first-order valence-corrected chi connectivity index (χ1v) is 4.67. The van der Waals surface area contributed by atoms with Gasteiger partial charge in [-0.15, -0.1) is 0 Å². The molecule has 0 aliphatic carbocycles. The van der Waals surface area contributed by atoms with Crippen molar-refractivity contribution in [3.8, 4) is 0 Å². The summed E-state index contributed by atoms with van der Waals surface area (Å²) in [6.45, 7) is 1.76. The van der Waals surface area contributed by atoms with Gasteiger partial charge in [-0.2, -0.15) is 0 Å². The quantitative estimate of drug-likeness (QED) is 0.791. The summed E-state index contributed by atoms with van der Waals surface area (Å²) in [5.74, 6) is -0.959. The maximum atomic E-state index is 13.0. The Hall–Kier alpha value is -2.10. The van der Waals surface area contributed by atoms with E-state index in [4.69, 9.17) is 9.52 Å². The van der Waals surface area contributed by atoms with Crippen LogP contribution < -0.4 is 0 Å². The molecule has 0 spiro atoms. The summed E-state index contributed by atoms with van der Waals surface area (Å²) in [6, 6.07) is 4.19. The minimum atomic E-state index is -1.05. The summed E-state index contributed by atoms with van der Waals surface area (Å²) in [5.41, 5.74) is 1.27. The Morgan fingerprint density at radius 3 is 2.94 bits per heavy atom. The third kappa shape index (κ3) is 1.82. The molecular weight excluding hydrogens is 211 g/mol. The molecule has 1 aromatic carbocycles. The van der Waals surface area contributed by atoms with Gasteiger partial charge < -0.3 is 9.52 Å². The summed E-state index contributed by atoms with van der Waals surface area (Å²) in [7, 11) is 0. The zero-order chi connectivity index (χ0) is 11.7. The topological polar surface area (TPSA) is 50.4 Å². The Balaban J connectivity index is 2.56. The van der Waals surface area contributed by atoms with Gasteiger partial charge >= 0.3 is 5.97 Å². The SMILES string of the molecule is Cc1c(/C=C/C(=O)O)oc2ccc(F)cc12. The number of hydrogen-bond donors (Lipinski definition) is 1. The number of rotatable bonds is 2. The third-order valence-corrected chi connectivity index (χ3v) is 2.31. The lowest BCUT2D eigenvalue weighted by Gasteiger charge is -1.89. The molecule has 0 saturated heterocycles. The number of fused-ring (bicyclic) bond motifs is 1. The highest BCUT2D eigenvalue weighted by atomic mass is 19.1. The normalized spacial score (nSPS) is 11.4. The minimum Gasteiger partial charge on any atom is -0.478 e. The number of halogens is 1. The Morgan fingerprint density at radius 2 is 2.25 bits per heavy atom. The Bertz CT molecular complexity index is 581. The fraction of sp³-hybridized carbons (Fsp3) is 0.0833. The van der Waals surface area contributed by atoms with E-state index in [1.54, 1.807) is 6.92 Å². The van der Waals surface area contributed by atoms with Crippen molar-refractivity contribution in [1.29, 1.82) is 0 Å². The van der Waals surface area contributed by atoms with E-state index in [1.807, 2.05) is 0 Å². The molecule has 0 aliphatic heterocycles. The van der Waals surface area contributed by atoms with Gasteiger partial charge in [0.05, 0.1) is 0 Å². The summed E-state index contributed by atoms with van der Waals surface area (Å²) in [6.07, 6.45) is 2.34. The van der Waals surface area contributed by atoms with E-state index in [1.165, 1.54) is 24.3 Å². The smallest absolute Gasteiger partial charge is 0.328 e. The molecule has 0 fully saturated rings. The van der Waals surface area contributed by atoms with Crippen molar-refractivity contribution >= 4 is 23.0 Å². The molecule has 2 rings (SSSR count). The van der Waals surface area contributed by atoms with E-state index in [0.717, 1.165) is 11.6 Å². The zero-order valence-corrected chi connectivity index (χ0v) is 8.53. The third-order valence-electron chi connectivity index (χ3n) is 2.31. The molecule has 2 aromatic rings. The maximum absolute atomic E-state index is 13.0. The molecule has 0 amide bonds. The molecule has 82 valence electrons. The number of furan rings is 1. The van der Waals surface area contributed by atoms with Gasteiger partial charge in [-0.1, -0.05) is 0 Å². The van der Waals surface area contributed by atoms with Gasteiger partial charge in [-0.3, -0.25) is 0 Å². The number of hydrogen-bond acceptors (Lipinski definition) is 2. The largest absolute Gasteiger partial charge is 0.478 e. The molecule has 1 N–H and O–H groups in total. The van der Waals surface area contributed by atoms with Gasteiger partial charge in [0.15, 0.2) is 0 Å². The van der Waals surface area contributed by atoms with Crippen molar-refractivity contribution in [1.82, 2.24) is 0 Å². The van der Waals surface area contributed by atoms with Crippen LogP contribution in [0.15, 0.2) is 28.7 Å². The van der Waals surface area contributed by atoms with Crippen molar-refractivity contribution in [3.63, 3.8) is 0 Å². The number of carboxylic acid groups (broad SMARTS) is 1. The number of aryl methyl sites for hydroxylation is 1. The average Bonchev–Trinajstić information content (AvgIpc) is 2.53. The molecular formula is C12H9FO3. The van der Waals surface area contributed by atoms with Crippen LogP contribution in [0.5, 0.6) is 0 Å². The molecule has 3 nitrogen and oxygen atoms in total. The van der Waals surface area contributed by atoms with Gasteiger partial charge in [0.2, 0.25) is 0 Å². The molecule has 1 heterocycles. The fourth-order valence-electron chi connectivity index (χ4n) is 1.52. The van der Waals surface area contributed by atoms with Crippen molar-refractivity contribution < 1.29 is 18.7 Å². The number of carboxylic acids is 1. The van der Waals surface area contributed by atoms with Crippen molar-refractivity contribution in [2.24, 2.45) is 0 Å². The van der Waals surface area contributed by atoms with Crippen molar-refractivity contribution in [3.05, 3.63) is 41.4 Å². The first-order valence-electron chi connectivity index (χ1n) is 4.67. The fourth-order valence-corrected chi connectivity index (χ4v) is 1.52. The van der Waals surface area contributed by atoms with E-state index in [0.29, 0.717) is 16.7 Å². The number of benzene rings is 1. The maximum Gasteiger partial charge on any atom is 0.328 e. The molecule has 0 saturated carbocycles. The second kappa shape index (κ2) is 3.81. The zero-order valence-electron chi connectivity index (χ0n) is 8.53. The second-order valence-corrected chi connectivity index (χ2v) is 3.40. The number of aliphatic carboxylic acids is 1. The van der Waals surface area contributed by atoms with E-state index in [2.05, 4.69) is 0 Å². The Kier molecular flexibility index (Phi) is 2.48. The lowest BCUT2D eigenvalue weighted by Crippen LogP contribution is -1.85.